The fourth-order valence-corrected chi connectivity index (χ4v) is 1.69. The lowest BCUT2D eigenvalue weighted by molar-refractivity contribution is 0.632. The topological polar surface area (TPSA) is 47.5 Å². The Labute approximate surface area is 84.8 Å². The normalized spacial score (nSPS) is 11.3. The van der Waals surface area contributed by atoms with Gasteiger partial charge in [0.2, 0.25) is 0 Å². The van der Waals surface area contributed by atoms with Crippen LogP contribution in [0.2, 0.25) is 0 Å². The van der Waals surface area contributed by atoms with Gasteiger partial charge < -0.3 is 4.42 Å². The fraction of sp³-hybridized carbons (Fsp3) is 0.0909. The summed E-state index contributed by atoms with van der Waals surface area (Å²) in [7, 11) is 0. The van der Waals surface area contributed by atoms with E-state index in [4.69, 9.17) is 4.42 Å². The molecule has 1 aromatic carbocycles. The quantitative estimate of drug-likeness (QED) is 0.555. The molecule has 0 amide bonds. The molecule has 3 rings (SSSR count). The number of fused-ring (bicyclic) bond motifs is 3. The van der Waals surface area contributed by atoms with Gasteiger partial charge in [-0.25, -0.2) is 9.38 Å². The Hall–Kier alpha value is -2.10. The van der Waals surface area contributed by atoms with Crippen LogP contribution < -0.4 is 5.56 Å². The van der Waals surface area contributed by atoms with Crippen LogP contribution in [0.3, 0.4) is 0 Å². The average Bonchev–Trinajstić information content (AvgIpc) is 2.54. The number of hydrogen-bond acceptors (Lipinski definition) is 3. The zero-order valence-electron chi connectivity index (χ0n) is 8.10. The Balaban J connectivity index is 2.67. The Morgan fingerprint density at radius 2 is 2.13 bits per heavy atom. The highest BCUT2D eigenvalue weighted by Crippen LogP contribution is 2.16. The summed E-state index contributed by atoms with van der Waals surface area (Å²) in [4.78, 5) is 15.9. The van der Waals surface area contributed by atoms with Crippen LogP contribution >= 0.6 is 0 Å². The van der Waals surface area contributed by atoms with Crippen LogP contribution in [0.1, 0.15) is 5.69 Å². The van der Waals surface area contributed by atoms with Gasteiger partial charge in [0.1, 0.15) is 0 Å². The molecule has 0 spiro atoms. The maximum absolute atomic E-state index is 11.7. The van der Waals surface area contributed by atoms with Gasteiger partial charge in [-0.1, -0.05) is 12.1 Å². The van der Waals surface area contributed by atoms with E-state index >= 15 is 0 Å². The first-order valence-corrected chi connectivity index (χ1v) is 4.64. The Morgan fingerprint density at radius 3 is 3.00 bits per heavy atom. The molecule has 0 radical (unpaired) electrons. The van der Waals surface area contributed by atoms with E-state index in [-0.39, 0.29) is 5.56 Å². The summed E-state index contributed by atoms with van der Waals surface area (Å²) in [5.74, 6) is 0.348. The third kappa shape index (κ3) is 1.08. The smallest absolute Gasteiger partial charge is 0.309 e. The Kier molecular flexibility index (Phi) is 1.48. The predicted octanol–water partition coefficient (Wildman–Crippen LogP) is 1.75. The first-order chi connectivity index (χ1) is 7.25. The van der Waals surface area contributed by atoms with Crippen LogP contribution in [0.5, 0.6) is 0 Å². The van der Waals surface area contributed by atoms with E-state index in [1.54, 1.807) is 6.92 Å². The molecule has 2 heterocycles. The van der Waals surface area contributed by atoms with Gasteiger partial charge >= 0.3 is 5.84 Å². The molecular formula is C11H8N2O2. The van der Waals surface area contributed by atoms with E-state index in [2.05, 4.69) is 4.98 Å². The Morgan fingerprint density at radius 1 is 1.33 bits per heavy atom. The van der Waals surface area contributed by atoms with Crippen LogP contribution in [-0.4, -0.2) is 9.38 Å². The van der Waals surface area contributed by atoms with E-state index in [9.17, 15) is 4.79 Å². The summed E-state index contributed by atoms with van der Waals surface area (Å²) >= 11 is 0. The van der Waals surface area contributed by atoms with Gasteiger partial charge in [0, 0.05) is 11.8 Å². The van der Waals surface area contributed by atoms with Crippen molar-refractivity contribution >= 4 is 16.9 Å². The minimum atomic E-state index is -0.109. The number of aryl methyl sites for hydroxylation is 1. The van der Waals surface area contributed by atoms with Crippen LogP contribution in [0.25, 0.3) is 16.9 Å². The van der Waals surface area contributed by atoms with Gasteiger partial charge in [-0.3, -0.25) is 4.79 Å². The summed E-state index contributed by atoms with van der Waals surface area (Å²) in [6, 6.07) is 8.88. The molecule has 0 atom stereocenters. The minimum Gasteiger partial charge on any atom is -0.423 e. The lowest BCUT2D eigenvalue weighted by Crippen LogP contribution is -2.12. The van der Waals surface area contributed by atoms with Crippen molar-refractivity contribution in [1.29, 1.82) is 0 Å². The van der Waals surface area contributed by atoms with Gasteiger partial charge in [0.15, 0.2) is 5.58 Å². The van der Waals surface area contributed by atoms with Crippen molar-refractivity contribution in [2.24, 2.45) is 0 Å². The third-order valence-electron chi connectivity index (χ3n) is 2.32. The van der Waals surface area contributed by atoms with Gasteiger partial charge in [0.05, 0.1) is 5.52 Å². The minimum absolute atomic E-state index is 0.109. The molecule has 0 bridgehead atoms. The van der Waals surface area contributed by atoms with Gasteiger partial charge in [-0.15, -0.1) is 0 Å². The van der Waals surface area contributed by atoms with Crippen LogP contribution in [-0.2, 0) is 0 Å². The van der Waals surface area contributed by atoms with Crippen LogP contribution in [0.4, 0.5) is 0 Å². The second-order valence-electron chi connectivity index (χ2n) is 3.42. The van der Waals surface area contributed by atoms with E-state index in [1.807, 2.05) is 24.3 Å². The largest absolute Gasteiger partial charge is 0.423 e. The molecule has 0 saturated heterocycles. The summed E-state index contributed by atoms with van der Waals surface area (Å²) in [6.07, 6.45) is 0. The number of aromatic nitrogens is 2. The summed E-state index contributed by atoms with van der Waals surface area (Å²) in [6.45, 7) is 1.77. The number of oxazole rings is 1. The zero-order valence-corrected chi connectivity index (χ0v) is 8.10. The number of rotatable bonds is 0. The molecular weight excluding hydrogens is 192 g/mol. The number of para-hydroxylation sites is 2. The maximum atomic E-state index is 11.7. The van der Waals surface area contributed by atoms with Gasteiger partial charge in [0.25, 0.3) is 5.56 Å². The molecule has 0 aliphatic rings. The highest BCUT2D eigenvalue weighted by atomic mass is 16.4. The Bertz CT molecular complexity index is 709. The van der Waals surface area contributed by atoms with Crippen LogP contribution in [0, 0.1) is 6.92 Å². The van der Waals surface area contributed by atoms with Gasteiger partial charge in [-0.2, -0.15) is 0 Å². The monoisotopic (exact) mass is 200 g/mol. The molecule has 0 aliphatic heterocycles. The predicted molar refractivity (Wildman–Crippen MR) is 56.0 cm³/mol. The molecule has 4 nitrogen and oxygen atoms in total. The molecule has 0 saturated carbocycles. The van der Waals surface area contributed by atoms with Crippen molar-refractivity contribution in [3.63, 3.8) is 0 Å². The molecule has 2 aromatic heterocycles. The van der Waals surface area contributed by atoms with E-state index < -0.39 is 0 Å². The SMILES string of the molecule is Cc1cc(=O)n2c(n1)oc1ccccc12. The van der Waals surface area contributed by atoms with Crippen molar-refractivity contribution < 1.29 is 4.42 Å². The fourth-order valence-electron chi connectivity index (χ4n) is 1.69. The standard InChI is InChI=1S/C11H8N2O2/c1-7-6-10(14)13-8-4-2-3-5-9(8)15-11(13)12-7/h2-6H,1H3. The second-order valence-corrected chi connectivity index (χ2v) is 3.42. The van der Waals surface area contributed by atoms with Crippen molar-refractivity contribution in [2.75, 3.05) is 0 Å². The number of hydrogen-bond donors (Lipinski definition) is 0. The van der Waals surface area contributed by atoms with E-state index in [1.165, 1.54) is 10.5 Å². The van der Waals surface area contributed by atoms with Crippen molar-refractivity contribution in [1.82, 2.24) is 9.38 Å². The number of nitrogens with zero attached hydrogens (tertiary/aromatic N) is 2. The highest BCUT2D eigenvalue weighted by molar-refractivity contribution is 5.75. The van der Waals surface area contributed by atoms with Crippen molar-refractivity contribution in [3.8, 4) is 0 Å². The highest BCUT2D eigenvalue weighted by Gasteiger charge is 2.08. The second kappa shape index (κ2) is 2.70. The molecule has 0 aliphatic carbocycles. The van der Waals surface area contributed by atoms with Crippen molar-refractivity contribution in [3.05, 3.63) is 46.4 Å². The van der Waals surface area contributed by atoms with E-state index in [0.29, 0.717) is 17.1 Å². The van der Waals surface area contributed by atoms with Crippen LogP contribution in [0.15, 0.2) is 39.5 Å². The lowest BCUT2D eigenvalue weighted by atomic mass is 10.3. The summed E-state index contributed by atoms with van der Waals surface area (Å²) in [5, 5.41) is 0. The zero-order chi connectivity index (χ0) is 10.4. The van der Waals surface area contributed by atoms with Gasteiger partial charge in [-0.05, 0) is 19.1 Å². The average molecular weight is 200 g/mol. The molecule has 74 valence electrons. The molecule has 0 unspecified atom stereocenters. The summed E-state index contributed by atoms with van der Waals surface area (Å²) < 4.78 is 6.94. The first kappa shape index (κ1) is 8.23. The molecule has 0 N–H and O–H groups in total. The maximum Gasteiger partial charge on any atom is 0.309 e. The lowest BCUT2D eigenvalue weighted by Gasteiger charge is -1.92. The third-order valence-corrected chi connectivity index (χ3v) is 2.32. The first-order valence-electron chi connectivity index (χ1n) is 4.64. The van der Waals surface area contributed by atoms with Crippen molar-refractivity contribution in [2.45, 2.75) is 6.92 Å². The molecule has 15 heavy (non-hydrogen) atoms. The molecule has 0 fully saturated rings. The molecule has 3 aromatic rings. The molecule has 4 heteroatoms. The number of benzene rings is 1. The van der Waals surface area contributed by atoms with E-state index in [0.717, 1.165) is 5.52 Å². The summed E-state index contributed by atoms with van der Waals surface area (Å²) in [5.41, 5.74) is 1.99.